The summed E-state index contributed by atoms with van der Waals surface area (Å²) in [5.74, 6) is 0. The lowest BCUT2D eigenvalue weighted by molar-refractivity contribution is 0.212. The first-order chi connectivity index (χ1) is 9.19. The number of hydrogen-bond donors (Lipinski definition) is 1. The van der Waals surface area contributed by atoms with Gasteiger partial charge in [0.25, 0.3) is 0 Å². The predicted octanol–water partition coefficient (Wildman–Crippen LogP) is 3.54. The summed E-state index contributed by atoms with van der Waals surface area (Å²) in [4.78, 5) is 13.9. The average Bonchev–Trinajstić information content (AvgIpc) is 2.41. The fourth-order valence-electron chi connectivity index (χ4n) is 1.76. The van der Waals surface area contributed by atoms with Gasteiger partial charge in [0.1, 0.15) is 0 Å². The number of rotatable bonds is 6. The summed E-state index contributed by atoms with van der Waals surface area (Å²) in [6.07, 6.45) is 2.35. The van der Waals surface area contributed by atoms with Crippen LogP contribution in [0.1, 0.15) is 31.7 Å². The molecule has 0 heterocycles. The molecule has 1 aromatic carbocycles. The zero-order valence-corrected chi connectivity index (χ0v) is 11.6. The van der Waals surface area contributed by atoms with E-state index < -0.39 is 0 Å². The normalized spacial score (nSPS) is 9.74. The van der Waals surface area contributed by atoms with Gasteiger partial charge in [-0.2, -0.15) is 5.26 Å². The van der Waals surface area contributed by atoms with E-state index in [1.54, 1.807) is 4.90 Å². The number of hydrogen-bond acceptors (Lipinski definition) is 2. The molecule has 0 saturated heterocycles. The lowest BCUT2D eigenvalue weighted by Gasteiger charge is -2.22. The fraction of sp³-hybridized carbons (Fsp3) is 0.467. The van der Waals surface area contributed by atoms with Crippen LogP contribution in [0.2, 0.25) is 0 Å². The van der Waals surface area contributed by atoms with Gasteiger partial charge in [-0.05, 0) is 25.0 Å². The highest BCUT2D eigenvalue weighted by Crippen LogP contribution is 2.14. The topological polar surface area (TPSA) is 56.1 Å². The molecule has 102 valence electrons. The third-order valence-corrected chi connectivity index (χ3v) is 2.95. The fourth-order valence-corrected chi connectivity index (χ4v) is 1.76. The second-order valence-corrected chi connectivity index (χ2v) is 4.49. The number of nitriles is 1. The van der Waals surface area contributed by atoms with E-state index in [4.69, 9.17) is 5.26 Å². The van der Waals surface area contributed by atoms with Crippen molar-refractivity contribution in [2.75, 3.05) is 18.4 Å². The van der Waals surface area contributed by atoms with E-state index >= 15 is 0 Å². The Labute approximate surface area is 115 Å². The maximum Gasteiger partial charge on any atom is 0.321 e. The van der Waals surface area contributed by atoms with Gasteiger partial charge in [-0.1, -0.05) is 31.5 Å². The van der Waals surface area contributed by atoms with Crippen LogP contribution in [0.25, 0.3) is 0 Å². The van der Waals surface area contributed by atoms with Crippen LogP contribution < -0.4 is 5.32 Å². The van der Waals surface area contributed by atoms with Crippen LogP contribution in [0.5, 0.6) is 0 Å². The number of unbranched alkanes of at least 4 members (excludes halogenated alkanes) is 1. The molecule has 0 atom stereocenters. The number of benzene rings is 1. The molecule has 2 amide bonds. The van der Waals surface area contributed by atoms with Crippen molar-refractivity contribution >= 4 is 11.7 Å². The molecular weight excluding hydrogens is 238 g/mol. The SMILES string of the molecule is CCCCN(CCC#N)C(=O)Nc1ccccc1C. The van der Waals surface area contributed by atoms with Gasteiger partial charge in [-0.25, -0.2) is 4.79 Å². The lowest BCUT2D eigenvalue weighted by Crippen LogP contribution is -2.36. The van der Waals surface area contributed by atoms with Crippen molar-refractivity contribution in [1.29, 1.82) is 5.26 Å². The van der Waals surface area contributed by atoms with Crippen molar-refractivity contribution in [3.63, 3.8) is 0 Å². The van der Waals surface area contributed by atoms with Crippen molar-refractivity contribution in [1.82, 2.24) is 4.90 Å². The Morgan fingerprint density at radius 3 is 2.74 bits per heavy atom. The number of aryl methyl sites for hydroxylation is 1. The van der Waals surface area contributed by atoms with Gasteiger partial charge in [0, 0.05) is 18.8 Å². The minimum Gasteiger partial charge on any atom is -0.324 e. The number of anilines is 1. The number of nitrogens with zero attached hydrogens (tertiary/aromatic N) is 2. The van der Waals surface area contributed by atoms with Gasteiger partial charge in [-0.15, -0.1) is 0 Å². The molecule has 0 aliphatic rings. The van der Waals surface area contributed by atoms with Gasteiger partial charge < -0.3 is 10.2 Å². The highest BCUT2D eigenvalue weighted by Gasteiger charge is 2.13. The minimum absolute atomic E-state index is 0.127. The number of nitrogens with one attached hydrogen (secondary N) is 1. The summed E-state index contributed by atoms with van der Waals surface area (Å²) in [5.41, 5.74) is 1.86. The Kier molecular flexibility index (Phi) is 6.45. The summed E-state index contributed by atoms with van der Waals surface area (Å²) in [7, 11) is 0. The summed E-state index contributed by atoms with van der Waals surface area (Å²) in [6, 6.07) is 9.64. The van der Waals surface area contributed by atoms with Crippen LogP contribution in [-0.2, 0) is 0 Å². The van der Waals surface area contributed by atoms with Crippen LogP contribution in [0.3, 0.4) is 0 Å². The second kappa shape index (κ2) is 8.15. The summed E-state index contributed by atoms with van der Waals surface area (Å²) in [6.45, 7) is 5.22. The summed E-state index contributed by atoms with van der Waals surface area (Å²) in [5, 5.41) is 11.6. The number of para-hydroxylation sites is 1. The molecule has 0 unspecified atom stereocenters. The van der Waals surface area contributed by atoms with Crippen LogP contribution in [0.4, 0.5) is 10.5 Å². The number of carbonyl (C=O) groups is 1. The Balaban J connectivity index is 2.65. The van der Waals surface area contributed by atoms with Gasteiger partial charge in [0.15, 0.2) is 0 Å². The number of urea groups is 1. The first kappa shape index (κ1) is 15.0. The molecule has 0 saturated carbocycles. The van der Waals surface area contributed by atoms with Crippen molar-refractivity contribution in [3.05, 3.63) is 29.8 Å². The molecule has 0 aromatic heterocycles. The van der Waals surface area contributed by atoms with E-state index in [0.717, 1.165) is 24.1 Å². The number of amides is 2. The third-order valence-electron chi connectivity index (χ3n) is 2.95. The first-order valence-corrected chi connectivity index (χ1v) is 6.67. The largest absolute Gasteiger partial charge is 0.324 e. The standard InChI is InChI=1S/C15H21N3O/c1-3-4-11-18(12-7-10-16)15(19)17-14-9-6-5-8-13(14)2/h5-6,8-9H,3-4,7,11-12H2,1-2H3,(H,17,19). The maximum atomic E-state index is 12.2. The molecule has 1 rings (SSSR count). The molecule has 0 fully saturated rings. The zero-order chi connectivity index (χ0) is 14.1. The Hall–Kier alpha value is -2.02. The van der Waals surface area contributed by atoms with E-state index in [9.17, 15) is 4.79 Å². The monoisotopic (exact) mass is 259 g/mol. The molecule has 0 aliphatic heterocycles. The third kappa shape index (κ3) is 5.01. The van der Waals surface area contributed by atoms with Crippen molar-refractivity contribution < 1.29 is 4.79 Å². The van der Waals surface area contributed by atoms with Crippen molar-refractivity contribution in [2.24, 2.45) is 0 Å². The molecule has 0 aliphatic carbocycles. The highest BCUT2D eigenvalue weighted by atomic mass is 16.2. The summed E-state index contributed by atoms with van der Waals surface area (Å²) >= 11 is 0. The lowest BCUT2D eigenvalue weighted by atomic mass is 10.2. The average molecular weight is 259 g/mol. The maximum absolute atomic E-state index is 12.2. The Bertz CT molecular complexity index is 451. The smallest absolute Gasteiger partial charge is 0.321 e. The van der Waals surface area contributed by atoms with Crippen molar-refractivity contribution in [3.8, 4) is 6.07 Å². The van der Waals surface area contributed by atoms with Crippen LogP contribution >= 0.6 is 0 Å². The Morgan fingerprint density at radius 2 is 2.11 bits per heavy atom. The molecule has 0 bridgehead atoms. The predicted molar refractivity (Wildman–Crippen MR) is 76.9 cm³/mol. The van der Waals surface area contributed by atoms with E-state index in [1.165, 1.54) is 0 Å². The number of carbonyl (C=O) groups excluding carboxylic acids is 1. The van der Waals surface area contributed by atoms with Crippen LogP contribution in [-0.4, -0.2) is 24.0 Å². The Morgan fingerprint density at radius 1 is 1.37 bits per heavy atom. The zero-order valence-electron chi connectivity index (χ0n) is 11.6. The molecular formula is C15H21N3O. The highest BCUT2D eigenvalue weighted by molar-refractivity contribution is 5.90. The van der Waals surface area contributed by atoms with E-state index in [0.29, 0.717) is 19.5 Å². The van der Waals surface area contributed by atoms with E-state index in [1.807, 2.05) is 31.2 Å². The van der Waals surface area contributed by atoms with Gasteiger partial charge in [0.2, 0.25) is 0 Å². The summed E-state index contributed by atoms with van der Waals surface area (Å²) < 4.78 is 0. The molecule has 4 heteroatoms. The molecule has 19 heavy (non-hydrogen) atoms. The van der Waals surface area contributed by atoms with Gasteiger partial charge >= 0.3 is 6.03 Å². The quantitative estimate of drug-likeness (QED) is 0.849. The van der Waals surface area contributed by atoms with Gasteiger partial charge in [-0.3, -0.25) is 0 Å². The van der Waals surface area contributed by atoms with E-state index in [-0.39, 0.29) is 6.03 Å². The van der Waals surface area contributed by atoms with Gasteiger partial charge in [0.05, 0.1) is 12.5 Å². The molecule has 1 aromatic rings. The molecule has 0 spiro atoms. The van der Waals surface area contributed by atoms with Crippen molar-refractivity contribution in [2.45, 2.75) is 33.1 Å². The van der Waals surface area contributed by atoms with Crippen LogP contribution in [0, 0.1) is 18.3 Å². The second-order valence-electron chi connectivity index (χ2n) is 4.49. The molecule has 4 nitrogen and oxygen atoms in total. The molecule has 0 radical (unpaired) electrons. The minimum atomic E-state index is -0.127. The van der Waals surface area contributed by atoms with Crippen LogP contribution in [0.15, 0.2) is 24.3 Å². The first-order valence-electron chi connectivity index (χ1n) is 6.67. The van der Waals surface area contributed by atoms with E-state index in [2.05, 4.69) is 18.3 Å². The molecule has 1 N–H and O–H groups in total.